The summed E-state index contributed by atoms with van der Waals surface area (Å²) in [5, 5.41) is 0.497. The number of aromatic nitrogens is 2. The molecule has 0 unspecified atom stereocenters. The maximum Gasteiger partial charge on any atom is 0.224 e. The minimum Gasteiger partial charge on any atom is -0.437 e. The first-order chi connectivity index (χ1) is 9.22. The number of methoxy groups -OCH3 is 1. The normalized spacial score (nSPS) is 10.3. The molecule has 0 fully saturated rings. The van der Waals surface area contributed by atoms with Gasteiger partial charge in [-0.25, -0.2) is 10.8 Å². The number of nitrogen functional groups attached to an aromatic ring is 1. The Labute approximate surface area is 115 Å². The first-order valence-corrected chi connectivity index (χ1v) is 5.86. The van der Waals surface area contributed by atoms with Crippen molar-refractivity contribution < 1.29 is 9.47 Å². The van der Waals surface area contributed by atoms with Crippen molar-refractivity contribution in [2.24, 2.45) is 5.84 Å². The summed E-state index contributed by atoms with van der Waals surface area (Å²) in [6.07, 6.45) is 0. The molecule has 0 aliphatic rings. The number of hydrogen-bond acceptors (Lipinski definition) is 6. The van der Waals surface area contributed by atoms with Gasteiger partial charge in [0.05, 0.1) is 5.02 Å². The second-order valence-electron chi connectivity index (χ2n) is 3.62. The molecule has 0 atom stereocenters. The third-order valence-corrected chi connectivity index (χ3v) is 2.53. The average Bonchev–Trinajstić information content (AvgIpc) is 2.41. The van der Waals surface area contributed by atoms with Crippen molar-refractivity contribution >= 4 is 17.4 Å². The molecular weight excluding hydrogens is 268 g/mol. The quantitative estimate of drug-likeness (QED) is 0.646. The lowest BCUT2D eigenvalue weighted by molar-refractivity contribution is 0.177. The van der Waals surface area contributed by atoms with E-state index in [1.807, 2.05) is 12.1 Å². The monoisotopic (exact) mass is 280 g/mol. The van der Waals surface area contributed by atoms with Crippen molar-refractivity contribution in [3.05, 3.63) is 41.2 Å². The lowest BCUT2D eigenvalue weighted by atomic mass is 10.3. The molecule has 2 aromatic rings. The highest BCUT2D eigenvalue weighted by molar-refractivity contribution is 6.32. The Kier molecular flexibility index (Phi) is 4.51. The minimum absolute atomic E-state index is 0.258. The molecule has 1 aromatic carbocycles. The van der Waals surface area contributed by atoms with E-state index in [1.165, 1.54) is 0 Å². The number of para-hydroxylation sites is 1. The number of hydrazine groups is 1. The molecule has 0 aliphatic carbocycles. The van der Waals surface area contributed by atoms with Crippen LogP contribution in [0.15, 0.2) is 30.3 Å². The molecule has 0 spiro atoms. The number of nitrogens with one attached hydrogen (secondary N) is 1. The summed E-state index contributed by atoms with van der Waals surface area (Å²) >= 11 is 6.02. The molecule has 6 nitrogen and oxygen atoms in total. The Morgan fingerprint density at radius 2 is 2.11 bits per heavy atom. The zero-order valence-electron chi connectivity index (χ0n) is 10.3. The van der Waals surface area contributed by atoms with E-state index in [9.17, 15) is 0 Å². The van der Waals surface area contributed by atoms with Gasteiger partial charge in [0.1, 0.15) is 18.2 Å². The van der Waals surface area contributed by atoms with E-state index < -0.39 is 0 Å². The van der Waals surface area contributed by atoms with Crippen LogP contribution in [-0.4, -0.2) is 17.1 Å². The summed E-state index contributed by atoms with van der Waals surface area (Å²) in [5.41, 5.74) is 2.45. The highest BCUT2D eigenvalue weighted by Gasteiger charge is 2.08. The van der Waals surface area contributed by atoms with E-state index in [0.717, 1.165) is 0 Å². The zero-order chi connectivity index (χ0) is 13.7. The SMILES string of the molecule is COCc1nc(NN)cc(Oc2ccccc2Cl)n1. The van der Waals surface area contributed by atoms with Crippen LogP contribution in [0.3, 0.4) is 0 Å². The van der Waals surface area contributed by atoms with E-state index in [1.54, 1.807) is 25.3 Å². The molecule has 2 rings (SSSR count). The van der Waals surface area contributed by atoms with Crippen molar-refractivity contribution in [2.75, 3.05) is 12.5 Å². The van der Waals surface area contributed by atoms with Crippen LogP contribution in [0.4, 0.5) is 5.82 Å². The molecule has 1 aromatic heterocycles. The van der Waals surface area contributed by atoms with E-state index in [0.29, 0.717) is 28.3 Å². The maximum absolute atomic E-state index is 6.02. The van der Waals surface area contributed by atoms with Gasteiger partial charge in [-0.15, -0.1) is 0 Å². The number of rotatable bonds is 5. The largest absolute Gasteiger partial charge is 0.437 e. The molecule has 1 heterocycles. The third-order valence-electron chi connectivity index (χ3n) is 2.22. The van der Waals surface area contributed by atoms with E-state index >= 15 is 0 Å². The molecule has 19 heavy (non-hydrogen) atoms. The molecule has 0 radical (unpaired) electrons. The Hall–Kier alpha value is -1.89. The molecule has 3 N–H and O–H groups in total. The third kappa shape index (κ3) is 3.54. The predicted molar refractivity (Wildman–Crippen MR) is 72.1 cm³/mol. The fourth-order valence-corrected chi connectivity index (χ4v) is 1.61. The van der Waals surface area contributed by atoms with Crippen LogP contribution < -0.4 is 16.0 Å². The number of anilines is 1. The number of nitrogens with zero attached hydrogens (tertiary/aromatic N) is 2. The van der Waals surface area contributed by atoms with Crippen LogP contribution in [0.2, 0.25) is 5.02 Å². The van der Waals surface area contributed by atoms with Crippen LogP contribution in [0, 0.1) is 0 Å². The van der Waals surface area contributed by atoms with E-state index in [4.69, 9.17) is 26.9 Å². The first kappa shape index (κ1) is 13.5. The molecule has 0 bridgehead atoms. The van der Waals surface area contributed by atoms with Crippen molar-refractivity contribution in [3.8, 4) is 11.6 Å². The predicted octanol–water partition coefficient (Wildman–Crippen LogP) is 2.35. The van der Waals surface area contributed by atoms with Gasteiger partial charge in [0.25, 0.3) is 0 Å². The number of halogens is 1. The fraction of sp³-hybridized carbons (Fsp3) is 0.167. The zero-order valence-corrected chi connectivity index (χ0v) is 11.0. The fourth-order valence-electron chi connectivity index (χ4n) is 1.43. The van der Waals surface area contributed by atoms with Gasteiger partial charge >= 0.3 is 0 Å². The van der Waals surface area contributed by atoms with Gasteiger partial charge in [-0.2, -0.15) is 4.98 Å². The van der Waals surface area contributed by atoms with Crippen LogP contribution >= 0.6 is 11.6 Å². The van der Waals surface area contributed by atoms with Gasteiger partial charge in [-0.3, -0.25) is 0 Å². The number of hydrogen-bond donors (Lipinski definition) is 2. The van der Waals surface area contributed by atoms with Gasteiger partial charge < -0.3 is 14.9 Å². The standard InChI is InChI=1S/C12H13ClN4O2/c1-18-7-11-15-10(17-14)6-12(16-11)19-9-5-3-2-4-8(9)13/h2-6H,7,14H2,1H3,(H,15,16,17). The van der Waals surface area contributed by atoms with Gasteiger partial charge in [-0.05, 0) is 12.1 Å². The summed E-state index contributed by atoms with van der Waals surface area (Å²) in [6.45, 7) is 0.258. The molecule has 7 heteroatoms. The molecule has 0 aliphatic heterocycles. The van der Waals surface area contributed by atoms with Crippen LogP contribution in [0.25, 0.3) is 0 Å². The lowest BCUT2D eigenvalue weighted by Crippen LogP contribution is -2.11. The van der Waals surface area contributed by atoms with Gasteiger partial charge in [0.2, 0.25) is 5.88 Å². The Balaban J connectivity index is 2.29. The van der Waals surface area contributed by atoms with Gasteiger partial charge in [0.15, 0.2) is 5.82 Å². The number of ether oxygens (including phenoxy) is 2. The summed E-state index contributed by atoms with van der Waals surface area (Å²) in [6, 6.07) is 8.69. The topological polar surface area (TPSA) is 82.3 Å². The summed E-state index contributed by atoms with van der Waals surface area (Å²) in [7, 11) is 1.56. The highest BCUT2D eigenvalue weighted by Crippen LogP contribution is 2.28. The Bertz CT molecular complexity index is 565. The summed E-state index contributed by atoms with van der Waals surface area (Å²) < 4.78 is 10.6. The molecule has 0 saturated heterocycles. The van der Waals surface area contributed by atoms with Gasteiger partial charge in [0, 0.05) is 13.2 Å². The minimum atomic E-state index is 0.258. The van der Waals surface area contributed by atoms with E-state index in [2.05, 4.69) is 15.4 Å². The van der Waals surface area contributed by atoms with Crippen LogP contribution in [0.5, 0.6) is 11.6 Å². The second kappa shape index (κ2) is 6.33. The molecule has 0 saturated carbocycles. The molecule has 100 valence electrons. The molecular formula is C12H13ClN4O2. The van der Waals surface area contributed by atoms with Crippen molar-refractivity contribution in [2.45, 2.75) is 6.61 Å². The smallest absolute Gasteiger partial charge is 0.224 e. The van der Waals surface area contributed by atoms with E-state index in [-0.39, 0.29) is 6.61 Å². The highest BCUT2D eigenvalue weighted by atomic mass is 35.5. The van der Waals surface area contributed by atoms with Crippen molar-refractivity contribution in [1.29, 1.82) is 0 Å². The maximum atomic E-state index is 6.02. The lowest BCUT2D eigenvalue weighted by Gasteiger charge is -2.09. The number of benzene rings is 1. The Morgan fingerprint density at radius 1 is 1.32 bits per heavy atom. The Morgan fingerprint density at radius 3 is 2.79 bits per heavy atom. The van der Waals surface area contributed by atoms with Crippen LogP contribution in [0.1, 0.15) is 5.82 Å². The molecule has 0 amide bonds. The number of nitrogens with two attached hydrogens (primary N) is 1. The summed E-state index contributed by atoms with van der Waals surface area (Å²) in [4.78, 5) is 8.32. The van der Waals surface area contributed by atoms with Gasteiger partial charge in [-0.1, -0.05) is 23.7 Å². The summed E-state index contributed by atoms with van der Waals surface area (Å²) in [5.74, 6) is 7.08. The van der Waals surface area contributed by atoms with Crippen LogP contribution in [-0.2, 0) is 11.3 Å². The van der Waals surface area contributed by atoms with Crippen molar-refractivity contribution in [1.82, 2.24) is 9.97 Å². The second-order valence-corrected chi connectivity index (χ2v) is 4.02. The van der Waals surface area contributed by atoms with Crippen molar-refractivity contribution in [3.63, 3.8) is 0 Å². The average molecular weight is 281 g/mol. The first-order valence-electron chi connectivity index (χ1n) is 5.49.